The summed E-state index contributed by atoms with van der Waals surface area (Å²) < 4.78 is 26.7. The molecular weight excluding hydrogens is 1430 g/mol. The summed E-state index contributed by atoms with van der Waals surface area (Å²) >= 11 is 22.0. The third-order valence-corrected chi connectivity index (χ3v) is 9.18. The van der Waals surface area contributed by atoms with Gasteiger partial charge in [0.25, 0.3) is 11.5 Å². The summed E-state index contributed by atoms with van der Waals surface area (Å²) in [6.07, 6.45) is 12.5. The average molecular weight is 1460 g/mol. The number of fused-ring (bicyclic) bond motifs is 3. The summed E-state index contributed by atoms with van der Waals surface area (Å²) in [5.41, 5.74) is 2.65. The third kappa shape index (κ3) is 12.6. The minimum atomic E-state index is -0.548. The number of carbonyl (C=O) groups is 1. The van der Waals surface area contributed by atoms with Crippen molar-refractivity contribution < 1.29 is 96.9 Å². The van der Waals surface area contributed by atoms with E-state index in [4.69, 9.17) is 32.2 Å². The maximum atomic E-state index is 14.1. The van der Waals surface area contributed by atoms with Crippen LogP contribution in [0.25, 0.3) is 33.2 Å². The number of hydrogen-bond donors (Lipinski definition) is 1. The van der Waals surface area contributed by atoms with Gasteiger partial charge in [0.05, 0.1) is 37.9 Å². The fourth-order valence-electron chi connectivity index (χ4n) is 6.34. The first-order valence-corrected chi connectivity index (χ1v) is 35.2. The van der Waals surface area contributed by atoms with Crippen LogP contribution in [0.4, 0.5) is 4.39 Å². The summed E-state index contributed by atoms with van der Waals surface area (Å²) in [5, 5.41) is 12.9. The van der Waals surface area contributed by atoms with Crippen LogP contribution in [0.5, 0.6) is 0 Å². The maximum absolute atomic E-state index is 14.1. The number of rotatable bonds is 4. The zero-order valence-electron chi connectivity index (χ0n) is 28.1. The summed E-state index contributed by atoms with van der Waals surface area (Å²) in [4.78, 5) is 25.7. The summed E-state index contributed by atoms with van der Waals surface area (Å²) in [6, 6.07) is 10.2. The van der Waals surface area contributed by atoms with E-state index in [-0.39, 0.29) is 111 Å². The van der Waals surface area contributed by atoms with Crippen LogP contribution in [0.3, 0.4) is 0 Å². The molecule has 2 saturated carbocycles. The molecule has 18 heteroatoms. The van der Waals surface area contributed by atoms with Gasteiger partial charge >= 0.3 is 50.5 Å². The van der Waals surface area contributed by atoms with Gasteiger partial charge in [0.2, 0.25) is 0 Å². The molecule has 2 fully saturated rings. The van der Waals surface area contributed by atoms with Gasteiger partial charge in [-0.2, -0.15) is 25.7 Å². The number of carbonyl (C=O) groups excluding carboxylic acids is 1. The van der Waals surface area contributed by atoms with Gasteiger partial charge in [0.15, 0.2) is 11.3 Å². The first kappa shape index (κ1) is 50.3. The topological polar surface area (TPSA) is 103 Å². The van der Waals surface area contributed by atoms with Crippen molar-refractivity contribution in [3.05, 3.63) is 92.4 Å². The van der Waals surface area contributed by atoms with Gasteiger partial charge in [0, 0.05) is 115 Å². The van der Waals surface area contributed by atoms with Crippen molar-refractivity contribution in [2.45, 2.75) is 77.3 Å². The summed E-state index contributed by atoms with van der Waals surface area (Å²) in [5.74, 6) is -0.782. The van der Waals surface area contributed by atoms with Crippen LogP contribution in [-0.2, 0) is 65.4 Å². The molecule has 8 nitrogen and oxygen atoms in total. The minimum Gasteiger partial charge on any atom is 0 e. The molecule has 2 unspecified atom stereocenters. The number of pyridine rings is 1. The number of aryl methyl sites for hydroxylation is 2. The van der Waals surface area contributed by atoms with E-state index in [1.807, 2.05) is 22.8 Å². The molecule has 2 aliphatic carbocycles. The quantitative estimate of drug-likeness (QED) is 0.142. The van der Waals surface area contributed by atoms with Crippen LogP contribution in [0.1, 0.15) is 79.2 Å². The second kappa shape index (κ2) is 25.6. The molecule has 2 radical (unpaired) electrons. The number of benzene rings is 2. The Bertz CT molecular complexity index is 1950. The van der Waals surface area contributed by atoms with E-state index in [9.17, 15) is 14.0 Å². The summed E-state index contributed by atoms with van der Waals surface area (Å²) in [6.45, 7) is 3.46. The second-order valence-electron chi connectivity index (χ2n) is 11.6. The molecule has 1 amide bonds. The number of amides is 1. The maximum Gasteiger partial charge on any atom is 0 e. The molecular formula is C34H33Cl2FI5N4O4Y2-3. The van der Waals surface area contributed by atoms with Crippen LogP contribution in [0, 0.1) is 32.5 Å². The Morgan fingerprint density at radius 3 is 2.17 bits per heavy atom. The molecule has 2 aliphatic rings. The van der Waals surface area contributed by atoms with Gasteiger partial charge in [-0.25, -0.2) is 4.39 Å². The van der Waals surface area contributed by atoms with Crippen LogP contribution >= 0.6 is 97.7 Å². The molecule has 0 saturated heterocycles. The molecule has 3 heterocycles. The molecule has 278 valence electrons. The smallest absolute Gasteiger partial charge is 0 e. The van der Waals surface area contributed by atoms with E-state index in [0.717, 1.165) is 62.3 Å². The fourth-order valence-corrected chi connectivity index (χ4v) is 6.84. The predicted octanol–water partition coefficient (Wildman–Crippen LogP) is 9.28. The standard InChI is InChI=1S/C17H17ClFN2O2.C17H16ClN2O2.I3.I2.2Y/c1-10-14(17(22)20-11-6-3-2-4-7-11)16(23-21-10)15-12(18)8-5-9-13(15)19;1-10-14-16(22-19-10)15-12(18)8-5-9-13(15)20(17(14)21)11-6-3-2-4-7-11;1-3-2;1-2;;/h3,5,8-9,11H,2,4,6-7H2,1H3,(H,20,22);3,5,8-9,11H,2,4,6-7H2,1H3;;;;/q3*-1;;;. The predicted molar refractivity (Wildman–Crippen MR) is 229 cm³/mol. The van der Waals surface area contributed by atoms with E-state index in [2.05, 4.69) is 103 Å². The molecule has 0 bridgehead atoms. The Morgan fingerprint density at radius 2 is 1.56 bits per heavy atom. The first-order chi connectivity index (χ1) is 24.2. The first-order valence-electron chi connectivity index (χ1n) is 15.6. The zero-order valence-corrected chi connectivity index (χ0v) is 46.1. The van der Waals surface area contributed by atoms with Crippen molar-refractivity contribution in [1.82, 2.24) is 20.2 Å². The molecule has 5 aromatic rings. The van der Waals surface area contributed by atoms with Gasteiger partial charge in [-0.3, -0.25) is 9.59 Å². The molecule has 1 N–H and O–H groups in total. The zero-order chi connectivity index (χ0) is 36.4. The van der Waals surface area contributed by atoms with Gasteiger partial charge in [0.1, 0.15) is 16.8 Å². The molecule has 0 spiro atoms. The van der Waals surface area contributed by atoms with E-state index >= 15 is 0 Å². The summed E-state index contributed by atoms with van der Waals surface area (Å²) in [7, 11) is 0. The van der Waals surface area contributed by atoms with Gasteiger partial charge in [-0.1, -0.05) is 58.5 Å². The van der Waals surface area contributed by atoms with Crippen LogP contribution < -0.4 is 24.1 Å². The number of nitrogens with zero attached hydrogens (tertiary/aromatic N) is 3. The SMILES string of the molecule is Cc1noc(-c2c(F)cccc2Cl)c1C(=O)NC1C[CH-]CCC1.Cc1noc2c1c(=O)n(C1C[CH-]CCC1)c1cccc(Cl)c21.II.I[I-]I.[Y].[Y]. The van der Waals surface area contributed by atoms with Gasteiger partial charge < -0.3 is 31.8 Å². The van der Waals surface area contributed by atoms with E-state index < -0.39 is 5.82 Å². The molecule has 7 rings (SSSR count). The largest absolute Gasteiger partial charge is 0 e. The van der Waals surface area contributed by atoms with Crippen LogP contribution in [-0.4, -0.2) is 26.8 Å². The number of nitrogens with one attached hydrogen (secondary N) is 1. The Balaban J connectivity index is 0.000000310. The molecule has 2 atom stereocenters. The van der Waals surface area contributed by atoms with Gasteiger partial charge in [-0.05, 0) is 51.0 Å². The third-order valence-electron chi connectivity index (χ3n) is 8.55. The van der Waals surface area contributed by atoms with E-state index in [0.29, 0.717) is 40.6 Å². The van der Waals surface area contributed by atoms with Crippen LogP contribution in [0.15, 0.2) is 50.2 Å². The number of aromatic nitrogens is 3. The normalized spacial score (nSPS) is 16.6. The van der Waals surface area contributed by atoms with Gasteiger partial charge in [-0.15, -0.1) is 0 Å². The van der Waals surface area contributed by atoms with Crippen molar-refractivity contribution in [1.29, 1.82) is 0 Å². The molecule has 52 heavy (non-hydrogen) atoms. The monoisotopic (exact) mass is 1460 g/mol. The fraction of sp³-hybridized carbons (Fsp3) is 0.353. The Morgan fingerprint density at radius 1 is 0.942 bits per heavy atom. The van der Waals surface area contributed by atoms with Crippen molar-refractivity contribution in [2.75, 3.05) is 0 Å². The van der Waals surface area contributed by atoms with Crippen LogP contribution in [0.2, 0.25) is 10.0 Å². The van der Waals surface area contributed by atoms with E-state index in [1.165, 1.54) is 12.1 Å². The molecule has 0 aliphatic heterocycles. The number of halogens is 8. The van der Waals surface area contributed by atoms with E-state index in [1.54, 1.807) is 19.9 Å². The molecule has 2 aromatic carbocycles. The average Bonchev–Trinajstić information content (AvgIpc) is 3.69. The molecule has 3 aromatic heterocycles. The Labute approximate surface area is 416 Å². The number of hydrogen-bond acceptors (Lipinski definition) is 6. The Kier molecular flexibility index (Phi) is 24.8. The van der Waals surface area contributed by atoms with Crippen molar-refractivity contribution in [3.8, 4) is 11.3 Å². The Hall–Kier alpha value is 2.17. The second-order valence-corrected chi connectivity index (χ2v) is 28.7. The van der Waals surface area contributed by atoms with Crippen molar-refractivity contribution in [3.63, 3.8) is 0 Å². The van der Waals surface area contributed by atoms with Crippen molar-refractivity contribution >= 4 is 125 Å². The minimum absolute atomic E-state index is 0. The van der Waals surface area contributed by atoms with Crippen molar-refractivity contribution in [2.24, 2.45) is 0 Å².